The van der Waals surface area contributed by atoms with Crippen LogP contribution in [-0.4, -0.2) is 23.3 Å². The van der Waals surface area contributed by atoms with Crippen LogP contribution in [0.15, 0.2) is 48.5 Å². The van der Waals surface area contributed by atoms with E-state index in [1.54, 1.807) is 12.1 Å². The van der Waals surface area contributed by atoms with Gasteiger partial charge in [0.1, 0.15) is 0 Å². The lowest BCUT2D eigenvalue weighted by Gasteiger charge is -2.20. The third kappa shape index (κ3) is 4.71. The lowest BCUT2D eigenvalue weighted by molar-refractivity contribution is -0.143. The summed E-state index contributed by atoms with van der Waals surface area (Å²) in [6.07, 6.45) is 0. The second kappa shape index (κ2) is 7.99. The van der Waals surface area contributed by atoms with E-state index in [4.69, 9.17) is 23.2 Å². The van der Waals surface area contributed by atoms with Crippen LogP contribution >= 0.6 is 23.2 Å². The van der Waals surface area contributed by atoms with Crippen molar-refractivity contribution in [2.45, 2.75) is 13.5 Å². The second-order valence-electron chi connectivity index (χ2n) is 4.88. The number of carbonyl (C=O) groups excluding carboxylic acids is 2. The van der Waals surface area contributed by atoms with Crippen LogP contribution in [0.4, 0.5) is 5.69 Å². The minimum atomic E-state index is -0.730. The molecule has 0 unspecified atom stereocenters. The smallest absolute Gasteiger partial charge is 0.313 e. The van der Waals surface area contributed by atoms with Crippen LogP contribution < -0.4 is 5.32 Å². The van der Waals surface area contributed by atoms with E-state index in [9.17, 15) is 9.59 Å². The highest BCUT2D eigenvalue weighted by molar-refractivity contribution is 6.42. The maximum Gasteiger partial charge on any atom is 0.313 e. The lowest BCUT2D eigenvalue weighted by atomic mass is 10.2. The molecule has 2 aromatic rings. The molecule has 0 saturated heterocycles. The van der Waals surface area contributed by atoms with Crippen LogP contribution in [0.1, 0.15) is 12.5 Å². The Balaban J connectivity index is 2.06. The van der Waals surface area contributed by atoms with Crippen molar-refractivity contribution in [3.05, 3.63) is 64.1 Å². The summed E-state index contributed by atoms with van der Waals surface area (Å²) in [5.74, 6) is -1.34. The predicted octanol–water partition coefficient (Wildman–Crippen LogP) is 3.98. The number of nitrogens with one attached hydrogen (secondary N) is 1. The molecule has 6 heteroatoms. The van der Waals surface area contributed by atoms with E-state index in [-0.39, 0.29) is 5.02 Å². The van der Waals surface area contributed by atoms with Crippen molar-refractivity contribution in [1.82, 2.24) is 4.90 Å². The molecule has 0 aromatic heterocycles. The molecule has 0 aliphatic rings. The Morgan fingerprint density at radius 2 is 1.78 bits per heavy atom. The molecule has 0 saturated carbocycles. The summed E-state index contributed by atoms with van der Waals surface area (Å²) in [6, 6.07) is 14.1. The Kier molecular flexibility index (Phi) is 6.02. The molecule has 23 heavy (non-hydrogen) atoms. The molecule has 2 amide bonds. The molecule has 0 bridgehead atoms. The van der Waals surface area contributed by atoms with Crippen LogP contribution in [0.25, 0.3) is 0 Å². The number of nitrogens with zero attached hydrogens (tertiary/aromatic N) is 1. The monoisotopic (exact) mass is 350 g/mol. The van der Waals surface area contributed by atoms with Gasteiger partial charge in [0.25, 0.3) is 0 Å². The van der Waals surface area contributed by atoms with E-state index < -0.39 is 11.8 Å². The Morgan fingerprint density at radius 1 is 1.09 bits per heavy atom. The van der Waals surface area contributed by atoms with Gasteiger partial charge in [0.2, 0.25) is 0 Å². The van der Waals surface area contributed by atoms with Gasteiger partial charge >= 0.3 is 11.8 Å². The fourth-order valence-electron chi connectivity index (χ4n) is 2.04. The SMILES string of the molecule is CCN(Cc1ccccc1)C(=O)C(=O)Nc1ccc(Cl)cc1Cl. The number of halogens is 2. The average Bonchev–Trinajstić information content (AvgIpc) is 2.55. The maximum atomic E-state index is 12.3. The summed E-state index contributed by atoms with van der Waals surface area (Å²) in [6.45, 7) is 2.62. The topological polar surface area (TPSA) is 49.4 Å². The summed E-state index contributed by atoms with van der Waals surface area (Å²) in [7, 11) is 0. The van der Waals surface area contributed by atoms with Crippen molar-refractivity contribution in [3.8, 4) is 0 Å². The summed E-state index contributed by atoms with van der Waals surface area (Å²) in [5.41, 5.74) is 1.31. The average molecular weight is 351 g/mol. The molecule has 0 radical (unpaired) electrons. The molecule has 0 aliphatic heterocycles. The zero-order valence-electron chi connectivity index (χ0n) is 12.6. The summed E-state index contributed by atoms with van der Waals surface area (Å²) in [5, 5.41) is 3.26. The minimum Gasteiger partial charge on any atom is -0.330 e. The highest BCUT2D eigenvalue weighted by Crippen LogP contribution is 2.25. The molecule has 0 spiro atoms. The van der Waals surface area contributed by atoms with Gasteiger partial charge in [0, 0.05) is 18.1 Å². The number of benzene rings is 2. The van der Waals surface area contributed by atoms with Crippen molar-refractivity contribution < 1.29 is 9.59 Å². The highest BCUT2D eigenvalue weighted by atomic mass is 35.5. The van der Waals surface area contributed by atoms with E-state index in [2.05, 4.69) is 5.32 Å². The van der Waals surface area contributed by atoms with Gasteiger partial charge < -0.3 is 10.2 Å². The summed E-state index contributed by atoms with van der Waals surface area (Å²) < 4.78 is 0. The minimum absolute atomic E-state index is 0.282. The molecule has 4 nitrogen and oxygen atoms in total. The van der Waals surface area contributed by atoms with Crippen LogP contribution in [0.5, 0.6) is 0 Å². The van der Waals surface area contributed by atoms with E-state index in [0.717, 1.165) is 5.56 Å². The van der Waals surface area contributed by atoms with Crippen molar-refractivity contribution in [3.63, 3.8) is 0 Å². The van der Waals surface area contributed by atoms with Crippen molar-refractivity contribution in [2.75, 3.05) is 11.9 Å². The number of hydrogen-bond donors (Lipinski definition) is 1. The van der Waals surface area contributed by atoms with Gasteiger partial charge in [-0.2, -0.15) is 0 Å². The summed E-state index contributed by atoms with van der Waals surface area (Å²) >= 11 is 11.8. The normalized spacial score (nSPS) is 10.2. The maximum absolute atomic E-state index is 12.3. The van der Waals surface area contributed by atoms with Gasteiger partial charge in [-0.1, -0.05) is 53.5 Å². The van der Waals surface area contributed by atoms with Gasteiger partial charge in [-0.05, 0) is 30.7 Å². The molecule has 0 fully saturated rings. The van der Waals surface area contributed by atoms with E-state index in [0.29, 0.717) is 23.8 Å². The van der Waals surface area contributed by atoms with Crippen molar-refractivity contribution >= 4 is 40.7 Å². The molecule has 2 rings (SSSR count). The first kappa shape index (κ1) is 17.3. The largest absolute Gasteiger partial charge is 0.330 e. The van der Waals surface area contributed by atoms with Crippen LogP contribution in [-0.2, 0) is 16.1 Å². The quantitative estimate of drug-likeness (QED) is 0.847. The highest BCUT2D eigenvalue weighted by Gasteiger charge is 2.21. The molecule has 120 valence electrons. The molecule has 0 aliphatic carbocycles. The molecular weight excluding hydrogens is 335 g/mol. The Bertz CT molecular complexity index is 705. The first-order valence-corrected chi connectivity index (χ1v) is 7.86. The third-order valence-electron chi connectivity index (χ3n) is 3.26. The third-order valence-corrected chi connectivity index (χ3v) is 3.81. The molecule has 2 aromatic carbocycles. The molecule has 1 N–H and O–H groups in total. The number of likely N-dealkylation sites (N-methyl/N-ethyl adjacent to an activating group) is 1. The zero-order chi connectivity index (χ0) is 16.8. The molecule has 0 heterocycles. The van der Waals surface area contributed by atoms with Gasteiger partial charge in [0.05, 0.1) is 10.7 Å². The van der Waals surface area contributed by atoms with Gasteiger partial charge in [-0.15, -0.1) is 0 Å². The fourth-order valence-corrected chi connectivity index (χ4v) is 2.50. The Hall–Kier alpha value is -2.04. The summed E-state index contributed by atoms with van der Waals surface area (Å²) in [4.78, 5) is 25.9. The standard InChI is InChI=1S/C17H16Cl2N2O2/c1-2-21(11-12-6-4-3-5-7-12)17(23)16(22)20-15-9-8-13(18)10-14(15)19/h3-10H,2,11H2,1H3,(H,20,22). The number of amides is 2. The number of carbonyl (C=O) groups is 2. The number of anilines is 1. The van der Waals surface area contributed by atoms with E-state index >= 15 is 0 Å². The van der Waals surface area contributed by atoms with Gasteiger partial charge in [-0.3, -0.25) is 9.59 Å². The van der Waals surface area contributed by atoms with Gasteiger partial charge in [-0.25, -0.2) is 0 Å². The first-order valence-electron chi connectivity index (χ1n) is 7.10. The number of rotatable bonds is 4. The number of hydrogen-bond acceptors (Lipinski definition) is 2. The van der Waals surface area contributed by atoms with E-state index in [1.165, 1.54) is 11.0 Å². The van der Waals surface area contributed by atoms with E-state index in [1.807, 2.05) is 37.3 Å². The van der Waals surface area contributed by atoms with Crippen LogP contribution in [0.2, 0.25) is 10.0 Å². The van der Waals surface area contributed by atoms with Crippen molar-refractivity contribution in [1.29, 1.82) is 0 Å². The van der Waals surface area contributed by atoms with Crippen LogP contribution in [0, 0.1) is 0 Å². The molecular formula is C17H16Cl2N2O2. The van der Waals surface area contributed by atoms with Crippen molar-refractivity contribution in [2.24, 2.45) is 0 Å². The lowest BCUT2D eigenvalue weighted by Crippen LogP contribution is -2.39. The Labute approximate surface area is 145 Å². The Morgan fingerprint density at radius 3 is 2.39 bits per heavy atom. The first-order chi connectivity index (χ1) is 11.0. The second-order valence-corrected chi connectivity index (χ2v) is 5.73. The van der Waals surface area contributed by atoms with Crippen LogP contribution in [0.3, 0.4) is 0 Å². The predicted molar refractivity (Wildman–Crippen MR) is 92.6 cm³/mol. The van der Waals surface area contributed by atoms with Gasteiger partial charge in [0.15, 0.2) is 0 Å². The fraction of sp³-hybridized carbons (Fsp3) is 0.176. The zero-order valence-corrected chi connectivity index (χ0v) is 14.1. The molecule has 0 atom stereocenters.